The minimum Gasteiger partial charge on any atom is -0.491 e. The van der Waals surface area contributed by atoms with Gasteiger partial charge in [0.25, 0.3) is 0 Å². The van der Waals surface area contributed by atoms with Gasteiger partial charge in [-0.25, -0.2) is 9.97 Å². The fourth-order valence-corrected chi connectivity index (χ4v) is 3.48. The molecular weight excluding hydrogens is 364 g/mol. The molecule has 3 rings (SSSR count). The number of hydrogen-bond donors (Lipinski definition) is 0. The van der Waals surface area contributed by atoms with Gasteiger partial charge in [-0.1, -0.05) is 39.0 Å². The molecule has 2 aromatic rings. The summed E-state index contributed by atoms with van der Waals surface area (Å²) in [5, 5.41) is 0. The molecule has 1 aliphatic rings. The van der Waals surface area contributed by atoms with Crippen LogP contribution in [-0.4, -0.2) is 35.1 Å². The van der Waals surface area contributed by atoms with Crippen LogP contribution < -0.4 is 4.74 Å². The van der Waals surface area contributed by atoms with Crippen molar-refractivity contribution in [2.75, 3.05) is 13.2 Å². The van der Waals surface area contributed by atoms with Gasteiger partial charge in [0.2, 0.25) is 0 Å². The highest BCUT2D eigenvalue weighted by atomic mass is 16.7. The SMILES string of the molecule is CCCCCCCCc1cnc(-c2ccc(OCC3COC(C)(C)O3)cc2)nc1. The summed E-state index contributed by atoms with van der Waals surface area (Å²) in [7, 11) is 0. The Kier molecular flexibility index (Phi) is 8.01. The predicted molar refractivity (Wildman–Crippen MR) is 115 cm³/mol. The molecule has 0 radical (unpaired) electrons. The van der Waals surface area contributed by atoms with Gasteiger partial charge in [0.15, 0.2) is 11.6 Å². The van der Waals surface area contributed by atoms with Crippen molar-refractivity contribution in [3.8, 4) is 17.1 Å². The third-order valence-corrected chi connectivity index (χ3v) is 5.14. The Balaban J connectivity index is 1.43. The summed E-state index contributed by atoms with van der Waals surface area (Å²) in [5.74, 6) is 1.04. The van der Waals surface area contributed by atoms with Crippen molar-refractivity contribution >= 4 is 0 Å². The lowest BCUT2D eigenvalue weighted by atomic mass is 10.1. The Morgan fingerprint density at radius 1 is 1.00 bits per heavy atom. The van der Waals surface area contributed by atoms with Crippen molar-refractivity contribution < 1.29 is 14.2 Å². The highest BCUT2D eigenvalue weighted by Gasteiger charge is 2.32. The van der Waals surface area contributed by atoms with Gasteiger partial charge >= 0.3 is 0 Å². The molecular formula is C24H34N2O3. The van der Waals surface area contributed by atoms with Crippen molar-refractivity contribution in [2.24, 2.45) is 0 Å². The zero-order chi connectivity index (χ0) is 20.5. The highest BCUT2D eigenvalue weighted by molar-refractivity contribution is 5.55. The fourth-order valence-electron chi connectivity index (χ4n) is 3.48. The summed E-state index contributed by atoms with van der Waals surface area (Å²) in [6, 6.07) is 7.88. The van der Waals surface area contributed by atoms with Crippen molar-refractivity contribution in [3.05, 3.63) is 42.2 Å². The van der Waals surface area contributed by atoms with E-state index < -0.39 is 5.79 Å². The molecule has 2 heterocycles. The molecule has 5 heteroatoms. The van der Waals surface area contributed by atoms with Crippen LogP contribution in [0, 0.1) is 0 Å². The van der Waals surface area contributed by atoms with Crippen LogP contribution in [0.15, 0.2) is 36.7 Å². The molecule has 1 saturated heterocycles. The minimum absolute atomic E-state index is 0.0350. The van der Waals surface area contributed by atoms with Crippen LogP contribution in [0.25, 0.3) is 11.4 Å². The number of aryl methyl sites for hydroxylation is 1. The van der Waals surface area contributed by atoms with Crippen LogP contribution >= 0.6 is 0 Å². The molecule has 0 spiro atoms. The number of hydrogen-bond acceptors (Lipinski definition) is 5. The molecule has 5 nitrogen and oxygen atoms in total. The van der Waals surface area contributed by atoms with Crippen molar-refractivity contribution in [2.45, 2.75) is 77.6 Å². The zero-order valence-electron chi connectivity index (χ0n) is 18.0. The second-order valence-corrected chi connectivity index (χ2v) is 8.22. The lowest BCUT2D eigenvalue weighted by molar-refractivity contribution is -0.141. The Morgan fingerprint density at radius 2 is 1.69 bits per heavy atom. The maximum absolute atomic E-state index is 5.83. The first-order valence-electron chi connectivity index (χ1n) is 10.9. The van der Waals surface area contributed by atoms with E-state index in [1.54, 1.807) is 0 Å². The molecule has 29 heavy (non-hydrogen) atoms. The van der Waals surface area contributed by atoms with E-state index in [2.05, 4.69) is 16.9 Å². The lowest BCUT2D eigenvalue weighted by Gasteiger charge is -2.17. The van der Waals surface area contributed by atoms with Gasteiger partial charge in [0, 0.05) is 18.0 Å². The Bertz CT molecular complexity index is 729. The van der Waals surface area contributed by atoms with E-state index >= 15 is 0 Å². The number of unbranched alkanes of at least 4 members (excludes halogenated alkanes) is 5. The molecule has 0 bridgehead atoms. The van der Waals surface area contributed by atoms with E-state index in [0.717, 1.165) is 23.6 Å². The molecule has 0 amide bonds. The summed E-state index contributed by atoms with van der Waals surface area (Å²) >= 11 is 0. The number of benzene rings is 1. The van der Waals surface area contributed by atoms with Gasteiger partial charge in [-0.15, -0.1) is 0 Å². The molecule has 1 aromatic carbocycles. The zero-order valence-corrected chi connectivity index (χ0v) is 18.0. The summed E-state index contributed by atoms with van der Waals surface area (Å²) < 4.78 is 17.1. The number of nitrogens with zero attached hydrogens (tertiary/aromatic N) is 2. The van der Waals surface area contributed by atoms with Crippen LogP contribution in [0.4, 0.5) is 0 Å². The van der Waals surface area contributed by atoms with E-state index in [1.165, 1.54) is 44.1 Å². The van der Waals surface area contributed by atoms with E-state index in [1.807, 2.05) is 50.5 Å². The van der Waals surface area contributed by atoms with Gasteiger partial charge in [0.05, 0.1) is 6.61 Å². The normalized spacial score (nSPS) is 18.1. The van der Waals surface area contributed by atoms with Gasteiger partial charge in [-0.3, -0.25) is 0 Å². The number of ether oxygens (including phenoxy) is 3. The third-order valence-electron chi connectivity index (χ3n) is 5.14. The second-order valence-electron chi connectivity index (χ2n) is 8.22. The summed E-state index contributed by atoms with van der Waals surface area (Å²) in [5.41, 5.74) is 2.20. The smallest absolute Gasteiger partial charge is 0.163 e. The predicted octanol–water partition coefficient (Wildman–Crippen LogP) is 5.58. The average Bonchev–Trinajstić information content (AvgIpc) is 3.09. The van der Waals surface area contributed by atoms with Crippen molar-refractivity contribution in [1.29, 1.82) is 0 Å². The summed E-state index contributed by atoms with van der Waals surface area (Å²) in [4.78, 5) is 9.09. The quantitative estimate of drug-likeness (QED) is 0.463. The second kappa shape index (κ2) is 10.7. The van der Waals surface area contributed by atoms with E-state index in [-0.39, 0.29) is 6.10 Å². The molecule has 1 unspecified atom stereocenters. The van der Waals surface area contributed by atoms with Crippen LogP contribution in [0.1, 0.15) is 64.9 Å². The van der Waals surface area contributed by atoms with Crippen molar-refractivity contribution in [3.63, 3.8) is 0 Å². The monoisotopic (exact) mass is 398 g/mol. The Labute approximate surface area is 174 Å². The maximum Gasteiger partial charge on any atom is 0.163 e. The van der Waals surface area contributed by atoms with Crippen LogP contribution in [0.5, 0.6) is 5.75 Å². The van der Waals surface area contributed by atoms with Crippen molar-refractivity contribution in [1.82, 2.24) is 9.97 Å². The van der Waals surface area contributed by atoms with Gasteiger partial charge in [-0.05, 0) is 56.5 Å². The Morgan fingerprint density at radius 3 is 2.34 bits per heavy atom. The standard InChI is InChI=1S/C24H34N2O3/c1-4-5-6-7-8-9-10-19-15-25-23(26-16-19)20-11-13-21(14-12-20)27-17-22-18-28-24(2,3)29-22/h11-16,22H,4-10,17-18H2,1-3H3. The van der Waals surface area contributed by atoms with E-state index in [4.69, 9.17) is 14.2 Å². The van der Waals surface area contributed by atoms with Gasteiger partial charge < -0.3 is 14.2 Å². The lowest BCUT2D eigenvalue weighted by Crippen LogP contribution is -2.25. The molecule has 1 atom stereocenters. The number of rotatable bonds is 11. The minimum atomic E-state index is -0.517. The fraction of sp³-hybridized carbons (Fsp3) is 0.583. The molecule has 0 aliphatic carbocycles. The Hall–Kier alpha value is -1.98. The average molecular weight is 399 g/mol. The first-order chi connectivity index (χ1) is 14.1. The molecule has 1 aromatic heterocycles. The van der Waals surface area contributed by atoms with E-state index in [9.17, 15) is 0 Å². The molecule has 1 fully saturated rings. The maximum atomic E-state index is 5.83. The number of aromatic nitrogens is 2. The highest BCUT2D eigenvalue weighted by Crippen LogP contribution is 2.24. The first-order valence-corrected chi connectivity index (χ1v) is 10.9. The van der Waals surface area contributed by atoms with Gasteiger partial charge in [0.1, 0.15) is 18.5 Å². The third kappa shape index (κ3) is 7.09. The van der Waals surface area contributed by atoms with Crippen LogP contribution in [-0.2, 0) is 15.9 Å². The van der Waals surface area contributed by atoms with Gasteiger partial charge in [-0.2, -0.15) is 0 Å². The molecule has 0 N–H and O–H groups in total. The molecule has 1 aliphatic heterocycles. The molecule has 0 saturated carbocycles. The largest absolute Gasteiger partial charge is 0.491 e. The van der Waals surface area contributed by atoms with E-state index in [0.29, 0.717) is 13.2 Å². The topological polar surface area (TPSA) is 53.5 Å². The van der Waals surface area contributed by atoms with Crippen LogP contribution in [0.2, 0.25) is 0 Å². The first kappa shape index (κ1) is 21.7. The molecule has 158 valence electrons. The summed E-state index contributed by atoms with van der Waals surface area (Å²) in [6.45, 7) is 7.12. The summed E-state index contributed by atoms with van der Waals surface area (Å²) in [6.07, 6.45) is 12.8. The van der Waals surface area contributed by atoms with Crippen LogP contribution in [0.3, 0.4) is 0 Å².